The second-order valence-electron chi connectivity index (χ2n) is 17.1. The Bertz CT molecular complexity index is 4150. The van der Waals surface area contributed by atoms with Crippen LogP contribution < -0.4 is 20.7 Å². The van der Waals surface area contributed by atoms with E-state index in [4.69, 9.17) is 19.9 Å². The molecule has 0 saturated heterocycles. The zero-order valence-electron chi connectivity index (χ0n) is 35.9. The maximum Gasteiger partial charge on any atom is 0.242 e. The van der Waals surface area contributed by atoms with Crippen molar-refractivity contribution in [1.82, 2.24) is 33.5 Å². The Labute approximate surface area is 389 Å². The second kappa shape index (κ2) is 14.8. The normalized spacial score (nSPS) is 12.2. The molecule has 0 radical (unpaired) electrons. The summed E-state index contributed by atoms with van der Waals surface area (Å²) in [6, 6.07) is 80.9. The topological polar surface area (TPSA) is 65.8 Å². The van der Waals surface area contributed by atoms with E-state index in [9.17, 15) is 0 Å². The lowest BCUT2D eigenvalue weighted by atomic mass is 10.1. The zero-order valence-corrected chi connectivity index (χ0v) is 37.7. The second-order valence-corrected chi connectivity index (χ2v) is 22.0. The SMILES string of the molecule is c1ccc([Si](c2ccccc2)(c2cccc(-c3nc(-n4c5ccccc5c5ccccc54)nc(-n4c5ccccc5n5c6ccccc6nc45)n3)c2)c2ccc3sc4ccccc4c3c2)cc1. The molecule has 14 rings (SSSR count). The molecule has 0 fully saturated rings. The summed E-state index contributed by atoms with van der Waals surface area (Å²) in [4.78, 5) is 21.6. The summed E-state index contributed by atoms with van der Waals surface area (Å²) in [5.74, 6) is 2.31. The van der Waals surface area contributed by atoms with Crippen molar-refractivity contribution in [3.05, 3.63) is 224 Å². The van der Waals surface area contributed by atoms with Crippen LogP contribution in [0.5, 0.6) is 0 Å². The molecule has 0 unspecified atom stereocenters. The Balaban J connectivity index is 1.07. The highest BCUT2D eigenvalue weighted by atomic mass is 32.1. The van der Waals surface area contributed by atoms with Crippen LogP contribution in [0.1, 0.15) is 0 Å². The molecule has 9 aromatic carbocycles. The van der Waals surface area contributed by atoms with Crippen molar-refractivity contribution in [1.29, 1.82) is 0 Å². The van der Waals surface area contributed by atoms with Crippen LogP contribution in [0.15, 0.2) is 224 Å². The molecule has 0 atom stereocenters. The predicted molar refractivity (Wildman–Crippen MR) is 279 cm³/mol. The van der Waals surface area contributed by atoms with E-state index in [-0.39, 0.29) is 0 Å². The van der Waals surface area contributed by atoms with Gasteiger partial charge in [0, 0.05) is 36.5 Å². The number of para-hydroxylation sites is 6. The maximum atomic E-state index is 5.49. The molecule has 7 nitrogen and oxygen atoms in total. The van der Waals surface area contributed by atoms with Crippen LogP contribution in [0.2, 0.25) is 0 Å². The van der Waals surface area contributed by atoms with Crippen molar-refractivity contribution >= 4 is 110 Å². The summed E-state index contributed by atoms with van der Waals surface area (Å²) < 4.78 is 9.07. The third-order valence-electron chi connectivity index (χ3n) is 13.5. The number of nitrogens with zero attached hydrogens (tertiary/aromatic N) is 7. The van der Waals surface area contributed by atoms with Gasteiger partial charge in [0.05, 0.1) is 33.1 Å². The summed E-state index contributed by atoms with van der Waals surface area (Å²) in [5.41, 5.74) is 6.83. The van der Waals surface area contributed by atoms with Crippen molar-refractivity contribution in [3.63, 3.8) is 0 Å². The first-order chi connectivity index (χ1) is 33.2. The van der Waals surface area contributed by atoms with Crippen LogP contribution >= 0.6 is 11.3 Å². The predicted octanol–water partition coefficient (Wildman–Crippen LogP) is 11.1. The molecule has 0 saturated carbocycles. The minimum Gasteiger partial charge on any atom is -0.278 e. The van der Waals surface area contributed by atoms with Gasteiger partial charge in [0.15, 0.2) is 13.9 Å². The molecule has 0 spiro atoms. The number of hydrogen-bond acceptors (Lipinski definition) is 5. The number of hydrogen-bond donors (Lipinski definition) is 0. The first-order valence-electron chi connectivity index (χ1n) is 22.5. The Morgan fingerprint density at radius 1 is 0.343 bits per heavy atom. The van der Waals surface area contributed by atoms with Gasteiger partial charge in [-0.05, 0) is 69.3 Å². The highest BCUT2D eigenvalue weighted by Gasteiger charge is 2.42. The molecule has 0 amide bonds. The molecule has 0 N–H and O–H groups in total. The van der Waals surface area contributed by atoms with E-state index in [0.29, 0.717) is 17.7 Å². The third kappa shape index (κ3) is 5.62. The average Bonchev–Trinajstić information content (AvgIpc) is 4.14. The number of fused-ring (bicyclic) bond motifs is 11. The fraction of sp³-hybridized carbons (Fsp3) is 0. The molecule has 314 valence electrons. The van der Waals surface area contributed by atoms with Gasteiger partial charge in [-0.3, -0.25) is 8.97 Å². The Morgan fingerprint density at radius 2 is 0.881 bits per heavy atom. The van der Waals surface area contributed by atoms with Gasteiger partial charge in [-0.1, -0.05) is 176 Å². The van der Waals surface area contributed by atoms with Gasteiger partial charge in [0.25, 0.3) is 0 Å². The van der Waals surface area contributed by atoms with Crippen molar-refractivity contribution in [2.45, 2.75) is 0 Å². The van der Waals surface area contributed by atoms with Crippen LogP contribution in [0.3, 0.4) is 0 Å². The molecule has 5 heterocycles. The molecule has 0 bridgehead atoms. The lowest BCUT2D eigenvalue weighted by Gasteiger charge is -2.34. The largest absolute Gasteiger partial charge is 0.278 e. The summed E-state index contributed by atoms with van der Waals surface area (Å²) >= 11 is 1.85. The summed E-state index contributed by atoms with van der Waals surface area (Å²) in [5, 5.41) is 9.98. The maximum absolute atomic E-state index is 5.49. The number of rotatable bonds is 7. The lowest BCUT2D eigenvalue weighted by Crippen LogP contribution is -2.74. The first kappa shape index (κ1) is 37.8. The molecule has 0 aliphatic rings. The molecular formula is C58H37N7SSi. The van der Waals surface area contributed by atoms with E-state index in [1.807, 2.05) is 17.4 Å². The van der Waals surface area contributed by atoms with Crippen LogP contribution in [-0.2, 0) is 0 Å². The highest BCUT2D eigenvalue weighted by Crippen LogP contribution is 2.35. The highest BCUT2D eigenvalue weighted by molar-refractivity contribution is 7.26. The van der Waals surface area contributed by atoms with Crippen molar-refractivity contribution in [3.8, 4) is 23.3 Å². The molecule has 67 heavy (non-hydrogen) atoms. The van der Waals surface area contributed by atoms with E-state index < -0.39 is 8.07 Å². The van der Waals surface area contributed by atoms with Crippen LogP contribution in [0.25, 0.3) is 93.1 Å². The lowest BCUT2D eigenvalue weighted by molar-refractivity contribution is 0.885. The third-order valence-corrected chi connectivity index (χ3v) is 19.4. The van der Waals surface area contributed by atoms with Crippen LogP contribution in [0, 0.1) is 0 Å². The smallest absolute Gasteiger partial charge is 0.242 e. The Morgan fingerprint density at radius 3 is 1.60 bits per heavy atom. The minimum absolute atomic E-state index is 0.484. The van der Waals surface area contributed by atoms with E-state index in [1.54, 1.807) is 0 Å². The number of aromatic nitrogens is 7. The minimum atomic E-state index is -3.03. The van der Waals surface area contributed by atoms with Crippen molar-refractivity contribution in [2.24, 2.45) is 0 Å². The molecule has 14 aromatic rings. The van der Waals surface area contributed by atoms with Crippen LogP contribution in [0.4, 0.5) is 0 Å². The van der Waals surface area contributed by atoms with Crippen molar-refractivity contribution < 1.29 is 0 Å². The molecule has 0 aliphatic heterocycles. The van der Waals surface area contributed by atoms with E-state index >= 15 is 0 Å². The van der Waals surface area contributed by atoms with E-state index in [0.717, 1.165) is 55.2 Å². The van der Waals surface area contributed by atoms with E-state index in [2.05, 4.69) is 232 Å². The summed E-state index contributed by atoms with van der Waals surface area (Å²) in [7, 11) is -3.03. The van der Waals surface area contributed by atoms with E-state index in [1.165, 1.54) is 40.9 Å². The summed E-state index contributed by atoms with van der Waals surface area (Å²) in [6.07, 6.45) is 0. The quantitative estimate of drug-likeness (QED) is 0.118. The fourth-order valence-corrected chi connectivity index (χ4v) is 16.5. The Kier molecular flexibility index (Phi) is 8.34. The first-order valence-corrected chi connectivity index (χ1v) is 25.3. The van der Waals surface area contributed by atoms with Gasteiger partial charge in [0.2, 0.25) is 17.7 Å². The number of thiophene rings is 1. The van der Waals surface area contributed by atoms with Gasteiger partial charge in [-0.25, -0.2) is 9.55 Å². The molecule has 9 heteroatoms. The standard InChI is InChI=1S/C58H37N7SSi/c1-3-19-39(20-4-1)67(40-21-5-2-6-22-40,42-34-35-54-46(37-42)45-26-9-16-33-53(45)66-54)41-23-17-18-38(36-41)55-60-56(63-48-28-11-7-24-43(48)44-25-8-12-29-49(44)63)62-57(61-55)65-52-32-15-14-31-51(52)64-50-30-13-10-27-47(50)59-58(64)65/h1-37H. The Hall–Kier alpha value is -8.50. The number of imidazole rings is 2. The summed E-state index contributed by atoms with van der Waals surface area (Å²) in [6.45, 7) is 0. The van der Waals surface area contributed by atoms with Crippen molar-refractivity contribution in [2.75, 3.05) is 0 Å². The molecule has 0 aliphatic carbocycles. The monoisotopic (exact) mass is 891 g/mol. The van der Waals surface area contributed by atoms with Gasteiger partial charge < -0.3 is 0 Å². The fourth-order valence-electron chi connectivity index (χ4n) is 10.6. The average molecular weight is 892 g/mol. The molecular weight excluding hydrogens is 855 g/mol. The van der Waals surface area contributed by atoms with Gasteiger partial charge in [0.1, 0.15) is 0 Å². The van der Waals surface area contributed by atoms with Crippen LogP contribution in [-0.4, -0.2) is 41.5 Å². The van der Waals surface area contributed by atoms with Gasteiger partial charge in [-0.2, -0.15) is 15.0 Å². The number of benzene rings is 9. The molecule has 5 aromatic heterocycles. The zero-order chi connectivity index (χ0) is 44.1. The van der Waals surface area contributed by atoms with Gasteiger partial charge >= 0.3 is 0 Å². The van der Waals surface area contributed by atoms with Gasteiger partial charge in [-0.15, -0.1) is 11.3 Å².